The van der Waals surface area contributed by atoms with Crippen LogP contribution in [0.15, 0.2) is 58.4 Å². The van der Waals surface area contributed by atoms with Crippen molar-refractivity contribution in [1.29, 1.82) is 0 Å². The van der Waals surface area contributed by atoms with Gasteiger partial charge in [0, 0.05) is 0 Å². The second-order valence-electron chi connectivity index (χ2n) is 5.19. The van der Waals surface area contributed by atoms with Gasteiger partial charge in [-0.1, -0.05) is 35.9 Å². The van der Waals surface area contributed by atoms with E-state index >= 15 is 0 Å². The van der Waals surface area contributed by atoms with Crippen molar-refractivity contribution in [2.45, 2.75) is 0 Å². The zero-order valence-electron chi connectivity index (χ0n) is 13.3. The molecule has 1 aliphatic heterocycles. The van der Waals surface area contributed by atoms with Crippen molar-refractivity contribution in [3.8, 4) is 5.75 Å². The maximum atomic E-state index is 12.1. The van der Waals surface area contributed by atoms with Crippen LogP contribution in [0.2, 0.25) is 5.02 Å². The topological polar surface area (TPSA) is 88.0 Å². The first-order valence-electron chi connectivity index (χ1n) is 7.50. The monoisotopic (exact) mass is 388 g/mol. The van der Waals surface area contributed by atoms with E-state index < -0.39 is 12.6 Å². The Morgan fingerprint density at radius 3 is 2.73 bits per heavy atom. The first kappa shape index (κ1) is 18.0. The molecule has 2 aromatic carbocycles. The summed E-state index contributed by atoms with van der Waals surface area (Å²) in [6, 6.07) is 14.2. The lowest BCUT2D eigenvalue weighted by Gasteiger charge is -2.06. The summed E-state index contributed by atoms with van der Waals surface area (Å²) < 4.78 is 5.07. The molecule has 0 unspecified atom stereocenters. The molecule has 6 nitrogen and oxygen atoms in total. The van der Waals surface area contributed by atoms with E-state index in [2.05, 4.69) is 10.3 Å². The molecule has 132 valence electrons. The van der Waals surface area contributed by atoms with Crippen LogP contribution in [-0.4, -0.2) is 28.8 Å². The molecule has 2 N–H and O–H groups in total. The molecule has 0 bridgehead atoms. The number of rotatable bonds is 5. The summed E-state index contributed by atoms with van der Waals surface area (Å²) in [4.78, 5) is 27.5. The number of carboxylic acid groups (broad SMARTS) is 1. The molecule has 8 heteroatoms. The third-order valence-corrected chi connectivity index (χ3v) is 4.45. The van der Waals surface area contributed by atoms with Gasteiger partial charge in [0.05, 0.1) is 15.6 Å². The first-order chi connectivity index (χ1) is 12.5. The van der Waals surface area contributed by atoms with E-state index in [1.807, 2.05) is 30.3 Å². The van der Waals surface area contributed by atoms with Crippen LogP contribution in [0.5, 0.6) is 5.75 Å². The van der Waals surface area contributed by atoms with Crippen LogP contribution >= 0.6 is 23.4 Å². The van der Waals surface area contributed by atoms with E-state index in [0.29, 0.717) is 15.6 Å². The Kier molecular flexibility index (Phi) is 5.60. The van der Waals surface area contributed by atoms with Crippen LogP contribution in [0, 0.1) is 0 Å². The van der Waals surface area contributed by atoms with Crippen LogP contribution in [0.1, 0.15) is 5.56 Å². The lowest BCUT2D eigenvalue weighted by Crippen LogP contribution is -2.19. The van der Waals surface area contributed by atoms with Crippen LogP contribution in [0.3, 0.4) is 0 Å². The first-order valence-corrected chi connectivity index (χ1v) is 8.69. The number of para-hydroxylation sites is 1. The number of ether oxygens (including phenoxy) is 1. The third-order valence-electron chi connectivity index (χ3n) is 3.24. The van der Waals surface area contributed by atoms with Gasteiger partial charge in [-0.15, -0.1) is 0 Å². The van der Waals surface area contributed by atoms with Crippen molar-refractivity contribution in [1.82, 2.24) is 5.32 Å². The number of hydrogen-bond acceptors (Lipinski definition) is 5. The molecule has 1 fully saturated rings. The van der Waals surface area contributed by atoms with E-state index in [1.54, 1.807) is 24.3 Å². The van der Waals surface area contributed by atoms with Crippen LogP contribution < -0.4 is 10.1 Å². The number of aliphatic carboxylic acids is 1. The largest absolute Gasteiger partial charge is 0.480 e. The van der Waals surface area contributed by atoms with Crippen molar-refractivity contribution in [2.75, 3.05) is 6.61 Å². The van der Waals surface area contributed by atoms with Crippen molar-refractivity contribution >= 4 is 52.2 Å². The van der Waals surface area contributed by atoms with Gasteiger partial charge in [0.1, 0.15) is 5.75 Å². The molecular formula is C18H13ClN2O4S. The van der Waals surface area contributed by atoms with E-state index in [-0.39, 0.29) is 16.7 Å². The fourth-order valence-corrected chi connectivity index (χ4v) is 3.20. The summed E-state index contributed by atoms with van der Waals surface area (Å²) in [6.45, 7) is -0.474. The Hall–Kier alpha value is -2.77. The maximum Gasteiger partial charge on any atom is 0.341 e. The minimum absolute atomic E-state index is 0.244. The number of thioether (sulfide) groups is 1. The summed E-state index contributed by atoms with van der Waals surface area (Å²) in [5.41, 5.74) is 1.44. The molecule has 0 atom stereocenters. The van der Waals surface area contributed by atoms with Gasteiger partial charge in [-0.2, -0.15) is 0 Å². The lowest BCUT2D eigenvalue weighted by atomic mass is 10.2. The molecule has 1 saturated heterocycles. The number of carboxylic acids is 1. The minimum Gasteiger partial charge on any atom is -0.480 e. The van der Waals surface area contributed by atoms with Crippen molar-refractivity contribution in [3.05, 3.63) is 64.0 Å². The predicted molar refractivity (Wildman–Crippen MR) is 102 cm³/mol. The van der Waals surface area contributed by atoms with Crippen molar-refractivity contribution < 1.29 is 19.4 Å². The Labute approximate surface area is 158 Å². The smallest absolute Gasteiger partial charge is 0.341 e. The summed E-state index contributed by atoms with van der Waals surface area (Å²) in [7, 11) is 0. The SMILES string of the molecule is O=C(O)COc1ccc(/C=C2\SC(=Nc3ccccc3)NC2=O)cc1Cl. The fraction of sp³-hybridized carbons (Fsp3) is 0.0556. The standard InChI is InChI=1S/C18H13ClN2O4S/c19-13-8-11(6-7-14(13)25-10-16(22)23)9-15-17(24)21-18(26-15)20-12-4-2-1-3-5-12/h1-9H,10H2,(H,22,23)(H,20,21,24)/b15-9-. The molecule has 0 spiro atoms. The van der Waals surface area contributed by atoms with Gasteiger partial charge in [0.15, 0.2) is 11.8 Å². The molecule has 3 rings (SSSR count). The molecule has 1 aliphatic rings. The molecule has 1 amide bonds. The normalized spacial score (nSPS) is 16.7. The highest BCUT2D eigenvalue weighted by molar-refractivity contribution is 8.18. The molecule has 0 radical (unpaired) electrons. The van der Waals surface area contributed by atoms with E-state index in [1.165, 1.54) is 11.8 Å². The average Bonchev–Trinajstić information content (AvgIpc) is 2.94. The number of carbonyl (C=O) groups is 2. The number of hydrogen-bond donors (Lipinski definition) is 2. The number of amidine groups is 1. The number of amides is 1. The Morgan fingerprint density at radius 2 is 2.04 bits per heavy atom. The van der Waals surface area contributed by atoms with Crippen LogP contribution in [0.25, 0.3) is 6.08 Å². The highest BCUT2D eigenvalue weighted by atomic mass is 35.5. The minimum atomic E-state index is -1.09. The van der Waals surface area contributed by atoms with Gasteiger partial charge < -0.3 is 15.2 Å². The van der Waals surface area contributed by atoms with Gasteiger partial charge in [-0.05, 0) is 47.7 Å². The van der Waals surface area contributed by atoms with Gasteiger partial charge >= 0.3 is 5.97 Å². The number of halogens is 1. The van der Waals surface area contributed by atoms with Gasteiger partial charge in [0.25, 0.3) is 5.91 Å². The molecule has 1 heterocycles. The molecule has 0 aromatic heterocycles. The van der Waals surface area contributed by atoms with E-state index in [4.69, 9.17) is 21.4 Å². The summed E-state index contributed by atoms with van der Waals surface area (Å²) in [5.74, 6) is -1.06. The Bertz CT molecular complexity index is 913. The molecule has 0 saturated carbocycles. The third kappa shape index (κ3) is 4.65. The number of nitrogens with zero attached hydrogens (tertiary/aromatic N) is 1. The second kappa shape index (κ2) is 8.07. The average molecular weight is 389 g/mol. The van der Waals surface area contributed by atoms with Crippen molar-refractivity contribution in [3.63, 3.8) is 0 Å². The van der Waals surface area contributed by atoms with E-state index in [9.17, 15) is 9.59 Å². The number of benzene rings is 2. The van der Waals surface area contributed by atoms with Crippen molar-refractivity contribution in [2.24, 2.45) is 4.99 Å². The highest BCUT2D eigenvalue weighted by Crippen LogP contribution is 2.30. The summed E-state index contributed by atoms with van der Waals surface area (Å²) in [5, 5.41) is 12.1. The Morgan fingerprint density at radius 1 is 1.27 bits per heavy atom. The molecular weight excluding hydrogens is 376 g/mol. The second-order valence-corrected chi connectivity index (χ2v) is 6.63. The lowest BCUT2D eigenvalue weighted by molar-refractivity contribution is -0.139. The van der Waals surface area contributed by atoms with E-state index in [0.717, 1.165) is 5.69 Å². The highest BCUT2D eigenvalue weighted by Gasteiger charge is 2.23. The van der Waals surface area contributed by atoms with Gasteiger partial charge in [0.2, 0.25) is 0 Å². The maximum absolute atomic E-state index is 12.1. The predicted octanol–water partition coefficient (Wildman–Crippen LogP) is 3.70. The Balaban J connectivity index is 1.75. The zero-order valence-corrected chi connectivity index (χ0v) is 14.9. The van der Waals surface area contributed by atoms with Crippen LogP contribution in [-0.2, 0) is 9.59 Å². The number of carbonyl (C=O) groups excluding carboxylic acids is 1. The molecule has 2 aromatic rings. The van der Waals surface area contributed by atoms with Gasteiger partial charge in [-0.3, -0.25) is 4.79 Å². The summed E-state index contributed by atoms with van der Waals surface area (Å²) >= 11 is 7.32. The van der Waals surface area contributed by atoms with Crippen LogP contribution in [0.4, 0.5) is 5.69 Å². The number of aliphatic imine (C=N–C) groups is 1. The quantitative estimate of drug-likeness (QED) is 0.762. The van der Waals surface area contributed by atoms with Gasteiger partial charge in [-0.25, -0.2) is 9.79 Å². The summed E-state index contributed by atoms with van der Waals surface area (Å²) in [6.07, 6.45) is 1.68. The zero-order chi connectivity index (χ0) is 18.5. The molecule has 0 aliphatic carbocycles. The fourth-order valence-electron chi connectivity index (χ4n) is 2.12. The molecule has 26 heavy (non-hydrogen) atoms. The number of nitrogens with one attached hydrogen (secondary N) is 1.